The summed E-state index contributed by atoms with van der Waals surface area (Å²) in [6.07, 6.45) is 1.66. The van der Waals surface area contributed by atoms with Crippen molar-refractivity contribution in [3.63, 3.8) is 0 Å². The van der Waals surface area contributed by atoms with Crippen LogP contribution in [0.5, 0.6) is 0 Å². The van der Waals surface area contributed by atoms with Crippen LogP contribution in [-0.2, 0) is 0 Å². The van der Waals surface area contributed by atoms with Crippen LogP contribution in [0.2, 0.25) is 0 Å². The Morgan fingerprint density at radius 1 is 1.57 bits per heavy atom. The molecule has 0 spiro atoms. The third-order valence-electron chi connectivity index (χ3n) is 0.863. The average molecular weight is 99.9 g/mol. The van der Waals surface area contributed by atoms with Gasteiger partial charge >= 0.3 is 7.12 Å². The Kier molecular flexibility index (Phi) is 2.72. The summed E-state index contributed by atoms with van der Waals surface area (Å²) in [6.45, 7) is 3.42. The molecule has 0 amide bonds. The monoisotopic (exact) mass is 100 g/mol. The minimum atomic E-state index is -1.27. The molecule has 0 aromatic carbocycles. The lowest BCUT2D eigenvalue weighted by Gasteiger charge is -1.91. The molecule has 0 aromatic rings. The molecular formula is C4H9BO2. The highest BCUT2D eigenvalue weighted by Crippen LogP contribution is 1.90. The normalized spacial score (nSPS) is 11.7. The molecule has 0 aromatic heterocycles. The van der Waals surface area contributed by atoms with Crippen LogP contribution in [-0.4, -0.2) is 17.2 Å². The van der Waals surface area contributed by atoms with E-state index < -0.39 is 7.12 Å². The van der Waals surface area contributed by atoms with Crippen LogP contribution in [0.1, 0.15) is 13.8 Å². The fourth-order valence-electron chi connectivity index (χ4n) is 0.149. The minimum Gasteiger partial charge on any atom is -0.423 e. The fourth-order valence-corrected chi connectivity index (χ4v) is 0.149. The van der Waals surface area contributed by atoms with Crippen molar-refractivity contribution in [2.75, 3.05) is 0 Å². The lowest BCUT2D eigenvalue weighted by atomic mass is 9.81. The van der Waals surface area contributed by atoms with E-state index in [1.54, 1.807) is 19.9 Å². The predicted molar refractivity (Wildman–Crippen MR) is 29.6 cm³/mol. The maximum atomic E-state index is 8.31. The molecule has 0 saturated carbocycles. The minimum absolute atomic E-state index is 0.583. The van der Waals surface area contributed by atoms with Crippen LogP contribution in [0, 0.1) is 0 Å². The smallest absolute Gasteiger partial charge is 0.423 e. The SMILES string of the molecule is C/C=C(/C)B(O)O. The number of allylic oxidation sites excluding steroid dienone is 2. The van der Waals surface area contributed by atoms with E-state index >= 15 is 0 Å². The first-order valence-corrected chi connectivity index (χ1v) is 2.17. The van der Waals surface area contributed by atoms with Gasteiger partial charge < -0.3 is 10.0 Å². The highest BCUT2D eigenvalue weighted by atomic mass is 16.4. The molecule has 2 N–H and O–H groups in total. The van der Waals surface area contributed by atoms with E-state index in [4.69, 9.17) is 10.0 Å². The van der Waals surface area contributed by atoms with Crippen molar-refractivity contribution < 1.29 is 10.0 Å². The molecule has 0 saturated heterocycles. The summed E-state index contributed by atoms with van der Waals surface area (Å²) in [5, 5.41) is 16.6. The van der Waals surface area contributed by atoms with Gasteiger partial charge in [0.05, 0.1) is 0 Å². The second kappa shape index (κ2) is 2.83. The molecule has 0 bridgehead atoms. The Balaban J connectivity index is 3.56. The Morgan fingerprint density at radius 2 is 2.00 bits per heavy atom. The topological polar surface area (TPSA) is 40.5 Å². The maximum absolute atomic E-state index is 8.31. The Hall–Kier alpha value is -0.275. The van der Waals surface area contributed by atoms with Crippen molar-refractivity contribution in [1.82, 2.24) is 0 Å². The van der Waals surface area contributed by atoms with Gasteiger partial charge in [0.2, 0.25) is 0 Å². The van der Waals surface area contributed by atoms with Crippen molar-refractivity contribution in [2.45, 2.75) is 13.8 Å². The number of hydrogen-bond donors (Lipinski definition) is 2. The van der Waals surface area contributed by atoms with Gasteiger partial charge in [0.25, 0.3) is 0 Å². The van der Waals surface area contributed by atoms with Crippen molar-refractivity contribution in [3.8, 4) is 0 Å². The van der Waals surface area contributed by atoms with Crippen LogP contribution in [0.15, 0.2) is 11.5 Å². The fraction of sp³-hybridized carbons (Fsp3) is 0.500. The van der Waals surface area contributed by atoms with E-state index in [-0.39, 0.29) is 0 Å². The second-order valence-corrected chi connectivity index (χ2v) is 1.41. The van der Waals surface area contributed by atoms with Gasteiger partial charge in [0, 0.05) is 0 Å². The number of rotatable bonds is 1. The first-order valence-electron chi connectivity index (χ1n) is 2.17. The Bertz CT molecular complexity index is 77.8. The molecule has 0 unspecified atom stereocenters. The van der Waals surface area contributed by atoms with Gasteiger partial charge in [-0.3, -0.25) is 0 Å². The van der Waals surface area contributed by atoms with Gasteiger partial charge in [0.1, 0.15) is 0 Å². The highest BCUT2D eigenvalue weighted by Gasteiger charge is 2.05. The third kappa shape index (κ3) is 2.42. The molecule has 0 fully saturated rings. The molecule has 0 heterocycles. The molecule has 0 aliphatic heterocycles. The molecule has 2 nitrogen and oxygen atoms in total. The van der Waals surface area contributed by atoms with E-state index in [0.29, 0.717) is 5.47 Å². The lowest BCUT2D eigenvalue weighted by Crippen LogP contribution is -2.12. The Labute approximate surface area is 43.6 Å². The van der Waals surface area contributed by atoms with E-state index in [9.17, 15) is 0 Å². The summed E-state index contributed by atoms with van der Waals surface area (Å²) in [5.41, 5.74) is 0.583. The Morgan fingerprint density at radius 3 is 2.00 bits per heavy atom. The zero-order valence-electron chi connectivity index (χ0n) is 4.55. The van der Waals surface area contributed by atoms with E-state index in [1.807, 2.05) is 0 Å². The van der Waals surface area contributed by atoms with E-state index in [0.717, 1.165) is 0 Å². The van der Waals surface area contributed by atoms with Crippen LogP contribution < -0.4 is 0 Å². The van der Waals surface area contributed by atoms with Gasteiger partial charge in [-0.05, 0) is 19.3 Å². The van der Waals surface area contributed by atoms with Crippen molar-refractivity contribution in [1.29, 1.82) is 0 Å². The zero-order valence-corrected chi connectivity index (χ0v) is 4.55. The molecular weight excluding hydrogens is 90.9 g/mol. The van der Waals surface area contributed by atoms with Crippen molar-refractivity contribution in [3.05, 3.63) is 11.5 Å². The van der Waals surface area contributed by atoms with Gasteiger partial charge in [-0.2, -0.15) is 0 Å². The zero-order chi connectivity index (χ0) is 5.86. The summed E-state index contributed by atoms with van der Waals surface area (Å²) >= 11 is 0. The highest BCUT2D eigenvalue weighted by molar-refractivity contribution is 6.50. The molecule has 7 heavy (non-hydrogen) atoms. The van der Waals surface area contributed by atoms with Crippen molar-refractivity contribution in [2.24, 2.45) is 0 Å². The molecule has 0 aliphatic carbocycles. The number of hydrogen-bond acceptors (Lipinski definition) is 2. The maximum Gasteiger partial charge on any atom is 0.483 e. The molecule has 3 heteroatoms. The average Bonchev–Trinajstić information content (AvgIpc) is 1.65. The molecule has 0 rings (SSSR count). The molecule has 0 atom stereocenters. The van der Waals surface area contributed by atoms with Crippen LogP contribution in [0.3, 0.4) is 0 Å². The largest absolute Gasteiger partial charge is 0.483 e. The predicted octanol–water partition coefficient (Wildman–Crippen LogP) is -0.0354. The van der Waals surface area contributed by atoms with Crippen molar-refractivity contribution >= 4 is 7.12 Å². The van der Waals surface area contributed by atoms with Gasteiger partial charge in [-0.1, -0.05) is 6.08 Å². The lowest BCUT2D eigenvalue weighted by molar-refractivity contribution is 0.419. The quantitative estimate of drug-likeness (QED) is 0.454. The van der Waals surface area contributed by atoms with Gasteiger partial charge in [-0.25, -0.2) is 0 Å². The first kappa shape index (κ1) is 6.72. The van der Waals surface area contributed by atoms with Crippen LogP contribution >= 0.6 is 0 Å². The van der Waals surface area contributed by atoms with E-state index in [2.05, 4.69) is 0 Å². The molecule has 40 valence electrons. The van der Waals surface area contributed by atoms with E-state index in [1.165, 1.54) is 0 Å². The molecule has 0 radical (unpaired) electrons. The standard InChI is InChI=1S/C4H9BO2/c1-3-4(2)5(6)7/h3,6-7H,1-2H3/b4-3-. The van der Waals surface area contributed by atoms with Crippen LogP contribution in [0.4, 0.5) is 0 Å². The third-order valence-corrected chi connectivity index (χ3v) is 0.863. The summed E-state index contributed by atoms with van der Waals surface area (Å²) in [4.78, 5) is 0. The summed E-state index contributed by atoms with van der Waals surface area (Å²) in [5.74, 6) is 0. The summed E-state index contributed by atoms with van der Waals surface area (Å²) in [7, 11) is -1.27. The summed E-state index contributed by atoms with van der Waals surface area (Å²) in [6, 6.07) is 0. The first-order chi connectivity index (χ1) is 3.18. The van der Waals surface area contributed by atoms with Gasteiger partial charge in [0.15, 0.2) is 0 Å². The summed E-state index contributed by atoms with van der Waals surface area (Å²) < 4.78 is 0. The van der Waals surface area contributed by atoms with Gasteiger partial charge in [-0.15, -0.1) is 0 Å². The van der Waals surface area contributed by atoms with Crippen LogP contribution in [0.25, 0.3) is 0 Å². The molecule has 0 aliphatic rings. The second-order valence-electron chi connectivity index (χ2n) is 1.41.